The van der Waals surface area contributed by atoms with Crippen molar-refractivity contribution in [1.82, 2.24) is 15.1 Å². The molecule has 1 saturated heterocycles. The van der Waals surface area contributed by atoms with Crippen LogP contribution in [-0.2, 0) is 9.59 Å². The maximum absolute atomic E-state index is 12.4. The molecule has 2 amide bonds. The third kappa shape index (κ3) is 6.04. The summed E-state index contributed by atoms with van der Waals surface area (Å²) in [5, 5.41) is 2.76. The first kappa shape index (κ1) is 18.0. The van der Waals surface area contributed by atoms with Crippen LogP contribution in [0.4, 0.5) is 0 Å². The lowest BCUT2D eigenvalue weighted by molar-refractivity contribution is -0.138. The summed E-state index contributed by atoms with van der Waals surface area (Å²) < 4.78 is 0. The highest BCUT2D eigenvalue weighted by Gasteiger charge is 2.31. The predicted octanol–water partition coefficient (Wildman–Crippen LogP) is 1.34. The SMILES string of the molecule is CC(C)[C@@H]1CN(C)CCN1C(=O)CNC(=O)CC(C)(C)C. The number of nitrogens with one attached hydrogen (secondary N) is 1. The van der Waals surface area contributed by atoms with E-state index >= 15 is 0 Å². The van der Waals surface area contributed by atoms with Gasteiger partial charge >= 0.3 is 0 Å². The van der Waals surface area contributed by atoms with Crippen molar-refractivity contribution in [2.24, 2.45) is 11.3 Å². The molecule has 0 spiro atoms. The lowest BCUT2D eigenvalue weighted by Crippen LogP contribution is -2.57. The molecule has 1 atom stereocenters. The second-order valence-corrected chi connectivity index (χ2v) is 7.67. The lowest BCUT2D eigenvalue weighted by atomic mass is 9.92. The van der Waals surface area contributed by atoms with E-state index in [1.807, 2.05) is 25.7 Å². The molecule has 0 bridgehead atoms. The fourth-order valence-electron chi connectivity index (χ4n) is 2.65. The van der Waals surface area contributed by atoms with Gasteiger partial charge in [0.2, 0.25) is 11.8 Å². The molecule has 1 N–H and O–H groups in total. The molecule has 1 aliphatic heterocycles. The van der Waals surface area contributed by atoms with Crippen LogP contribution in [0.1, 0.15) is 41.0 Å². The number of amides is 2. The van der Waals surface area contributed by atoms with E-state index in [-0.39, 0.29) is 29.8 Å². The van der Waals surface area contributed by atoms with Gasteiger partial charge in [-0.25, -0.2) is 0 Å². The molecule has 0 aromatic carbocycles. The third-order valence-electron chi connectivity index (χ3n) is 3.84. The third-order valence-corrected chi connectivity index (χ3v) is 3.84. The molecule has 122 valence electrons. The molecule has 0 aliphatic carbocycles. The van der Waals surface area contributed by atoms with E-state index in [0.29, 0.717) is 12.3 Å². The van der Waals surface area contributed by atoms with E-state index in [1.165, 1.54) is 0 Å². The largest absolute Gasteiger partial charge is 0.347 e. The Hall–Kier alpha value is -1.10. The molecule has 1 aliphatic rings. The maximum atomic E-state index is 12.4. The molecular formula is C16H31N3O2. The van der Waals surface area contributed by atoms with Crippen molar-refractivity contribution < 1.29 is 9.59 Å². The first-order chi connectivity index (χ1) is 9.60. The Kier molecular flexibility index (Phi) is 6.20. The topological polar surface area (TPSA) is 52.6 Å². The summed E-state index contributed by atoms with van der Waals surface area (Å²) in [6.45, 7) is 13.0. The van der Waals surface area contributed by atoms with Crippen molar-refractivity contribution in [3.05, 3.63) is 0 Å². The summed E-state index contributed by atoms with van der Waals surface area (Å²) in [4.78, 5) is 28.4. The summed E-state index contributed by atoms with van der Waals surface area (Å²) >= 11 is 0. The lowest BCUT2D eigenvalue weighted by Gasteiger charge is -2.42. The van der Waals surface area contributed by atoms with Crippen LogP contribution >= 0.6 is 0 Å². The highest BCUT2D eigenvalue weighted by Crippen LogP contribution is 2.18. The Morgan fingerprint density at radius 3 is 2.38 bits per heavy atom. The fourth-order valence-corrected chi connectivity index (χ4v) is 2.65. The molecule has 1 rings (SSSR count). The van der Waals surface area contributed by atoms with E-state index in [4.69, 9.17) is 0 Å². The number of hydrogen-bond acceptors (Lipinski definition) is 3. The molecule has 0 saturated carbocycles. The van der Waals surface area contributed by atoms with Crippen LogP contribution in [0.15, 0.2) is 0 Å². The van der Waals surface area contributed by atoms with Crippen molar-refractivity contribution in [1.29, 1.82) is 0 Å². The van der Waals surface area contributed by atoms with E-state index in [9.17, 15) is 9.59 Å². The van der Waals surface area contributed by atoms with Crippen molar-refractivity contribution >= 4 is 11.8 Å². The van der Waals surface area contributed by atoms with Gasteiger partial charge in [0.1, 0.15) is 0 Å². The molecular weight excluding hydrogens is 266 g/mol. The van der Waals surface area contributed by atoms with Crippen LogP contribution < -0.4 is 5.32 Å². The number of hydrogen-bond donors (Lipinski definition) is 1. The second kappa shape index (κ2) is 7.25. The zero-order chi connectivity index (χ0) is 16.2. The first-order valence-electron chi connectivity index (χ1n) is 7.85. The standard InChI is InChI=1S/C16H31N3O2/c1-12(2)13-11-18(6)7-8-19(13)15(21)10-17-14(20)9-16(3,4)5/h12-13H,7-11H2,1-6H3,(H,17,20)/t13-/m0/s1. The van der Waals surface area contributed by atoms with Gasteiger partial charge < -0.3 is 15.1 Å². The van der Waals surface area contributed by atoms with Gasteiger partial charge in [-0.15, -0.1) is 0 Å². The molecule has 0 aromatic rings. The van der Waals surface area contributed by atoms with E-state index in [1.54, 1.807) is 0 Å². The minimum Gasteiger partial charge on any atom is -0.347 e. The predicted molar refractivity (Wildman–Crippen MR) is 84.9 cm³/mol. The highest BCUT2D eigenvalue weighted by molar-refractivity contribution is 5.85. The number of piperazine rings is 1. The van der Waals surface area contributed by atoms with Crippen molar-refractivity contribution in [2.45, 2.75) is 47.1 Å². The van der Waals surface area contributed by atoms with E-state index in [2.05, 4.69) is 31.1 Å². The average molecular weight is 297 g/mol. The number of carbonyl (C=O) groups excluding carboxylic acids is 2. The minimum absolute atomic E-state index is 0.0315. The first-order valence-corrected chi connectivity index (χ1v) is 7.85. The molecule has 21 heavy (non-hydrogen) atoms. The molecule has 1 fully saturated rings. The van der Waals surface area contributed by atoms with Crippen LogP contribution in [0.2, 0.25) is 0 Å². The summed E-state index contributed by atoms with van der Waals surface area (Å²) in [7, 11) is 2.09. The number of rotatable bonds is 4. The fraction of sp³-hybridized carbons (Fsp3) is 0.875. The molecule has 0 unspecified atom stereocenters. The van der Waals surface area contributed by atoms with Gasteiger partial charge in [0.05, 0.1) is 6.54 Å². The number of likely N-dealkylation sites (N-methyl/N-ethyl adjacent to an activating group) is 1. The van der Waals surface area contributed by atoms with Crippen LogP contribution in [0.5, 0.6) is 0 Å². The van der Waals surface area contributed by atoms with Crippen LogP contribution in [0.3, 0.4) is 0 Å². The monoisotopic (exact) mass is 297 g/mol. The maximum Gasteiger partial charge on any atom is 0.242 e. The molecule has 1 heterocycles. The average Bonchev–Trinajstić information content (AvgIpc) is 2.33. The van der Waals surface area contributed by atoms with Crippen molar-refractivity contribution in [3.63, 3.8) is 0 Å². The van der Waals surface area contributed by atoms with E-state index < -0.39 is 0 Å². The highest BCUT2D eigenvalue weighted by atomic mass is 16.2. The Morgan fingerprint density at radius 2 is 1.86 bits per heavy atom. The molecule has 0 radical (unpaired) electrons. The van der Waals surface area contributed by atoms with Gasteiger partial charge in [-0.3, -0.25) is 9.59 Å². The smallest absolute Gasteiger partial charge is 0.242 e. The molecule has 0 aromatic heterocycles. The zero-order valence-electron chi connectivity index (χ0n) is 14.4. The van der Waals surface area contributed by atoms with Crippen molar-refractivity contribution in [3.8, 4) is 0 Å². The second-order valence-electron chi connectivity index (χ2n) is 7.67. The van der Waals surface area contributed by atoms with Crippen molar-refractivity contribution in [2.75, 3.05) is 33.2 Å². The zero-order valence-corrected chi connectivity index (χ0v) is 14.4. The van der Waals surface area contributed by atoms with Gasteiger partial charge in [0.15, 0.2) is 0 Å². The van der Waals surface area contributed by atoms with Gasteiger partial charge in [-0.05, 0) is 18.4 Å². The van der Waals surface area contributed by atoms with Crippen LogP contribution in [-0.4, -0.2) is 60.9 Å². The number of carbonyl (C=O) groups is 2. The van der Waals surface area contributed by atoms with Crippen LogP contribution in [0, 0.1) is 11.3 Å². The normalized spacial score (nSPS) is 20.7. The molecule has 5 heteroatoms. The Balaban J connectivity index is 2.52. The molecule has 5 nitrogen and oxygen atoms in total. The van der Waals surface area contributed by atoms with Crippen LogP contribution in [0.25, 0.3) is 0 Å². The van der Waals surface area contributed by atoms with Gasteiger partial charge in [0, 0.05) is 32.1 Å². The summed E-state index contributed by atoms with van der Waals surface area (Å²) in [5.74, 6) is 0.400. The Morgan fingerprint density at radius 1 is 1.24 bits per heavy atom. The minimum atomic E-state index is -0.0541. The summed E-state index contributed by atoms with van der Waals surface area (Å²) in [6, 6.07) is 0.232. The summed E-state index contributed by atoms with van der Waals surface area (Å²) in [6.07, 6.45) is 0.441. The quantitative estimate of drug-likeness (QED) is 0.852. The van der Waals surface area contributed by atoms with E-state index in [0.717, 1.165) is 19.6 Å². The Labute approximate surface area is 129 Å². The Bertz CT molecular complexity index is 374. The van der Waals surface area contributed by atoms with Gasteiger partial charge in [-0.1, -0.05) is 34.6 Å². The number of nitrogens with zero attached hydrogens (tertiary/aromatic N) is 2. The summed E-state index contributed by atoms with van der Waals surface area (Å²) in [5.41, 5.74) is -0.0541. The van der Waals surface area contributed by atoms with Gasteiger partial charge in [0.25, 0.3) is 0 Å². The van der Waals surface area contributed by atoms with Gasteiger partial charge in [-0.2, -0.15) is 0 Å².